The monoisotopic (exact) mass is 380 g/mol. The number of likely N-dealkylation sites (N-methyl/N-ethyl adjacent to an activating group) is 1. The summed E-state index contributed by atoms with van der Waals surface area (Å²) in [7, 11) is -3.85. The van der Waals surface area contributed by atoms with Gasteiger partial charge in [-0.15, -0.1) is 0 Å². The lowest BCUT2D eigenvalue weighted by molar-refractivity contribution is -0.124. The molecule has 0 saturated heterocycles. The fourth-order valence-corrected chi connectivity index (χ4v) is 3.13. The molecule has 1 heterocycles. The Morgan fingerprint density at radius 1 is 1.23 bits per heavy atom. The molecule has 0 atom stereocenters. The highest BCUT2D eigenvalue weighted by molar-refractivity contribution is 7.89. The van der Waals surface area contributed by atoms with Gasteiger partial charge in [0.2, 0.25) is 10.0 Å². The van der Waals surface area contributed by atoms with E-state index in [9.17, 15) is 18.0 Å². The maximum absolute atomic E-state index is 12.4. The Kier molecular flexibility index (Phi) is 6.53. The molecule has 1 aromatic carbocycles. The summed E-state index contributed by atoms with van der Waals surface area (Å²) in [6.07, 6.45) is 1.44. The molecule has 0 radical (unpaired) electrons. The summed E-state index contributed by atoms with van der Waals surface area (Å²) in [6.45, 7) is 3.37. The van der Waals surface area contributed by atoms with Gasteiger partial charge in [-0.25, -0.2) is 17.9 Å². The summed E-state index contributed by atoms with van der Waals surface area (Å²) < 4.78 is 37.2. The normalized spacial score (nSPS) is 11.2. The zero-order chi connectivity index (χ0) is 19.2. The number of amides is 1. The summed E-state index contributed by atoms with van der Waals surface area (Å²) in [5.74, 6) is -0.735. The number of rotatable bonds is 8. The van der Waals surface area contributed by atoms with E-state index in [1.54, 1.807) is 26.0 Å². The number of hydrogen-bond acceptors (Lipinski definition) is 6. The third kappa shape index (κ3) is 5.17. The Labute approximate surface area is 151 Å². The van der Waals surface area contributed by atoms with Crippen molar-refractivity contribution >= 4 is 21.9 Å². The quantitative estimate of drug-likeness (QED) is 0.668. The summed E-state index contributed by atoms with van der Waals surface area (Å²) in [4.78, 5) is 23.5. The Hall–Kier alpha value is -2.65. The van der Waals surface area contributed by atoms with Crippen LogP contribution in [-0.4, -0.2) is 33.4 Å². The van der Waals surface area contributed by atoms with Crippen LogP contribution in [0.5, 0.6) is 0 Å². The molecule has 2 aromatic rings. The van der Waals surface area contributed by atoms with Gasteiger partial charge < -0.3 is 14.5 Å². The molecule has 0 fully saturated rings. The van der Waals surface area contributed by atoms with E-state index in [-0.39, 0.29) is 17.0 Å². The van der Waals surface area contributed by atoms with Crippen molar-refractivity contribution < 1.29 is 27.2 Å². The zero-order valence-corrected chi connectivity index (χ0v) is 15.3. The van der Waals surface area contributed by atoms with Gasteiger partial charge in [-0.1, -0.05) is 6.07 Å². The molecule has 0 aliphatic carbocycles. The SMILES string of the molecule is CCNC(=O)COC(=O)c1cc(S(=O)(=O)NCc2ccco2)ccc1C. The van der Waals surface area contributed by atoms with Crippen molar-refractivity contribution in [3.05, 3.63) is 53.5 Å². The molecule has 1 amide bonds. The van der Waals surface area contributed by atoms with E-state index >= 15 is 0 Å². The molecule has 9 heteroatoms. The third-order valence-corrected chi connectivity index (χ3v) is 4.86. The Morgan fingerprint density at radius 2 is 2.00 bits per heavy atom. The van der Waals surface area contributed by atoms with Crippen LogP contribution < -0.4 is 10.0 Å². The fraction of sp³-hybridized carbons (Fsp3) is 0.294. The first-order valence-electron chi connectivity index (χ1n) is 7.90. The highest BCUT2D eigenvalue weighted by Gasteiger charge is 2.19. The lowest BCUT2D eigenvalue weighted by Crippen LogP contribution is -2.28. The fourth-order valence-electron chi connectivity index (χ4n) is 2.11. The smallest absolute Gasteiger partial charge is 0.338 e. The van der Waals surface area contributed by atoms with Crippen molar-refractivity contribution in [1.82, 2.24) is 10.0 Å². The lowest BCUT2D eigenvalue weighted by atomic mass is 10.1. The number of hydrogen-bond donors (Lipinski definition) is 2. The first kappa shape index (κ1) is 19.7. The first-order valence-corrected chi connectivity index (χ1v) is 9.38. The molecule has 0 bridgehead atoms. The molecule has 140 valence electrons. The molecule has 0 aliphatic heterocycles. The van der Waals surface area contributed by atoms with Crippen LogP contribution in [0.1, 0.15) is 28.6 Å². The van der Waals surface area contributed by atoms with Gasteiger partial charge in [0.05, 0.1) is 23.3 Å². The van der Waals surface area contributed by atoms with E-state index in [0.717, 1.165) is 0 Å². The Balaban J connectivity index is 2.12. The second kappa shape index (κ2) is 8.63. The summed E-state index contributed by atoms with van der Waals surface area (Å²) in [5, 5.41) is 2.50. The first-order chi connectivity index (χ1) is 12.3. The minimum atomic E-state index is -3.85. The number of furan rings is 1. The summed E-state index contributed by atoms with van der Waals surface area (Å²) in [5.41, 5.74) is 0.617. The predicted molar refractivity (Wildman–Crippen MR) is 92.9 cm³/mol. The van der Waals surface area contributed by atoms with E-state index in [2.05, 4.69) is 10.0 Å². The van der Waals surface area contributed by atoms with Crippen molar-refractivity contribution in [1.29, 1.82) is 0 Å². The molecule has 2 N–H and O–H groups in total. The van der Waals surface area contributed by atoms with E-state index in [1.165, 1.54) is 24.5 Å². The van der Waals surface area contributed by atoms with Crippen LogP contribution in [0.15, 0.2) is 45.9 Å². The van der Waals surface area contributed by atoms with Gasteiger partial charge in [-0.3, -0.25) is 4.79 Å². The lowest BCUT2D eigenvalue weighted by Gasteiger charge is -2.10. The van der Waals surface area contributed by atoms with Crippen molar-refractivity contribution in [3.63, 3.8) is 0 Å². The Morgan fingerprint density at radius 3 is 2.65 bits per heavy atom. The molecular weight excluding hydrogens is 360 g/mol. The number of carbonyl (C=O) groups excluding carboxylic acids is 2. The maximum atomic E-state index is 12.4. The van der Waals surface area contributed by atoms with Crippen molar-refractivity contribution in [2.75, 3.05) is 13.2 Å². The molecule has 0 spiro atoms. The van der Waals surface area contributed by atoms with Gasteiger partial charge in [0.15, 0.2) is 6.61 Å². The number of esters is 1. The van der Waals surface area contributed by atoms with Crippen LogP contribution in [0.25, 0.3) is 0 Å². The summed E-state index contributed by atoms with van der Waals surface area (Å²) >= 11 is 0. The number of carbonyl (C=O) groups is 2. The van der Waals surface area contributed by atoms with Crippen molar-refractivity contribution in [2.45, 2.75) is 25.3 Å². The average Bonchev–Trinajstić information content (AvgIpc) is 3.12. The standard InChI is InChI=1S/C17H20N2O6S/c1-3-18-16(20)11-25-17(21)15-9-14(7-6-12(15)2)26(22,23)19-10-13-5-4-8-24-13/h4-9,19H,3,10-11H2,1-2H3,(H,18,20). The van der Waals surface area contributed by atoms with Crippen LogP contribution in [0, 0.1) is 6.92 Å². The number of nitrogens with one attached hydrogen (secondary N) is 2. The molecule has 2 rings (SSSR count). The van der Waals surface area contributed by atoms with E-state index in [0.29, 0.717) is 17.9 Å². The van der Waals surface area contributed by atoms with Crippen LogP contribution >= 0.6 is 0 Å². The van der Waals surface area contributed by atoms with Gasteiger partial charge in [0, 0.05) is 6.54 Å². The van der Waals surface area contributed by atoms with E-state index in [1.807, 2.05) is 0 Å². The van der Waals surface area contributed by atoms with Gasteiger partial charge in [0.25, 0.3) is 5.91 Å². The third-order valence-electron chi connectivity index (χ3n) is 3.46. The number of aryl methyl sites for hydroxylation is 1. The molecular formula is C17H20N2O6S. The highest BCUT2D eigenvalue weighted by atomic mass is 32.2. The van der Waals surface area contributed by atoms with Crippen LogP contribution in [0.4, 0.5) is 0 Å². The maximum Gasteiger partial charge on any atom is 0.338 e. The van der Waals surface area contributed by atoms with Crippen LogP contribution in [0.2, 0.25) is 0 Å². The van der Waals surface area contributed by atoms with E-state index < -0.39 is 28.5 Å². The number of sulfonamides is 1. The van der Waals surface area contributed by atoms with E-state index in [4.69, 9.17) is 9.15 Å². The van der Waals surface area contributed by atoms with Crippen molar-refractivity contribution in [2.24, 2.45) is 0 Å². The van der Waals surface area contributed by atoms with Crippen LogP contribution in [-0.2, 0) is 26.1 Å². The Bertz CT molecular complexity index is 875. The van der Waals surface area contributed by atoms with Crippen molar-refractivity contribution in [3.8, 4) is 0 Å². The topological polar surface area (TPSA) is 115 Å². The number of benzene rings is 1. The zero-order valence-electron chi connectivity index (χ0n) is 14.4. The molecule has 1 aromatic heterocycles. The van der Waals surface area contributed by atoms with Gasteiger partial charge in [0.1, 0.15) is 5.76 Å². The second-order valence-corrected chi connectivity index (χ2v) is 7.18. The molecule has 26 heavy (non-hydrogen) atoms. The average molecular weight is 380 g/mol. The summed E-state index contributed by atoms with van der Waals surface area (Å²) in [6, 6.07) is 7.41. The second-order valence-electron chi connectivity index (χ2n) is 5.41. The molecule has 0 aliphatic rings. The van der Waals surface area contributed by atoms with Crippen LogP contribution in [0.3, 0.4) is 0 Å². The number of ether oxygens (including phenoxy) is 1. The van der Waals surface area contributed by atoms with Gasteiger partial charge >= 0.3 is 5.97 Å². The minimum Gasteiger partial charge on any atom is -0.468 e. The largest absolute Gasteiger partial charge is 0.468 e. The van der Waals surface area contributed by atoms with Gasteiger partial charge in [-0.2, -0.15) is 0 Å². The highest BCUT2D eigenvalue weighted by Crippen LogP contribution is 2.17. The van der Waals surface area contributed by atoms with Gasteiger partial charge in [-0.05, 0) is 43.7 Å². The predicted octanol–water partition coefficient (Wildman–Crippen LogP) is 1.36. The molecule has 0 unspecified atom stereocenters. The molecule has 0 saturated carbocycles. The minimum absolute atomic E-state index is 0.0137. The molecule has 8 nitrogen and oxygen atoms in total.